The number of hydrogen-bond acceptors (Lipinski definition) is 2. The topological polar surface area (TPSA) is 33.1 Å². The second-order valence-corrected chi connectivity index (χ2v) is 4.26. The molecule has 5 heteroatoms. The van der Waals surface area contributed by atoms with Gasteiger partial charge in [-0.1, -0.05) is 17.7 Å². The molecule has 0 bridgehead atoms. The first kappa shape index (κ1) is 12.9. The molecule has 0 saturated carbocycles. The summed E-state index contributed by atoms with van der Waals surface area (Å²) >= 11 is 5.85. The number of halogens is 3. The molecular formula is C13H10ClF2NO. The Balaban J connectivity index is 2.24. The SMILES string of the molecule is OC(Cc1c(F)cccc1Cl)c1cncc(F)c1. The van der Waals surface area contributed by atoms with Crippen LogP contribution in [0.15, 0.2) is 36.7 Å². The minimum absolute atomic E-state index is 0.0311. The van der Waals surface area contributed by atoms with E-state index in [1.807, 2.05) is 0 Å². The van der Waals surface area contributed by atoms with Gasteiger partial charge >= 0.3 is 0 Å². The maximum atomic E-state index is 13.5. The van der Waals surface area contributed by atoms with Crippen LogP contribution < -0.4 is 0 Å². The Labute approximate surface area is 108 Å². The van der Waals surface area contributed by atoms with Gasteiger partial charge in [0.2, 0.25) is 0 Å². The number of hydrogen-bond donors (Lipinski definition) is 1. The molecule has 18 heavy (non-hydrogen) atoms. The summed E-state index contributed by atoms with van der Waals surface area (Å²) < 4.78 is 26.5. The van der Waals surface area contributed by atoms with Crippen molar-refractivity contribution in [2.45, 2.75) is 12.5 Å². The van der Waals surface area contributed by atoms with Gasteiger partial charge in [0.15, 0.2) is 0 Å². The molecule has 1 aromatic carbocycles. The van der Waals surface area contributed by atoms with Crippen LogP contribution in [0.5, 0.6) is 0 Å². The minimum atomic E-state index is -1.05. The van der Waals surface area contributed by atoms with Crippen LogP contribution in [-0.2, 0) is 6.42 Å². The first-order valence-corrected chi connectivity index (χ1v) is 5.67. The summed E-state index contributed by atoms with van der Waals surface area (Å²) in [4.78, 5) is 3.63. The molecular weight excluding hydrogens is 260 g/mol. The molecule has 0 radical (unpaired) electrons. The van der Waals surface area contributed by atoms with Crippen LogP contribution in [0.25, 0.3) is 0 Å². The van der Waals surface area contributed by atoms with Crippen LogP contribution in [0, 0.1) is 11.6 Å². The standard InChI is InChI=1S/C13H10ClF2NO/c14-11-2-1-3-12(16)10(11)5-13(18)8-4-9(15)7-17-6-8/h1-4,6-7,13,18H,5H2. The van der Waals surface area contributed by atoms with Crippen molar-refractivity contribution in [3.63, 3.8) is 0 Å². The van der Waals surface area contributed by atoms with Crippen molar-refractivity contribution in [1.29, 1.82) is 0 Å². The van der Waals surface area contributed by atoms with Gasteiger partial charge in [0, 0.05) is 28.8 Å². The third-order valence-corrected chi connectivity index (χ3v) is 2.92. The van der Waals surface area contributed by atoms with Gasteiger partial charge in [0.25, 0.3) is 0 Å². The van der Waals surface area contributed by atoms with E-state index in [0.29, 0.717) is 0 Å². The molecule has 94 valence electrons. The molecule has 0 saturated heterocycles. The number of pyridine rings is 1. The average Bonchev–Trinajstić information content (AvgIpc) is 2.34. The first-order chi connectivity index (χ1) is 8.58. The molecule has 0 spiro atoms. The number of benzene rings is 1. The van der Waals surface area contributed by atoms with E-state index >= 15 is 0 Å². The van der Waals surface area contributed by atoms with E-state index in [1.54, 1.807) is 0 Å². The van der Waals surface area contributed by atoms with Gasteiger partial charge in [-0.05, 0) is 18.2 Å². The van der Waals surface area contributed by atoms with Gasteiger partial charge in [-0.15, -0.1) is 0 Å². The summed E-state index contributed by atoms with van der Waals surface area (Å²) in [7, 11) is 0. The van der Waals surface area contributed by atoms with E-state index in [1.165, 1.54) is 24.4 Å². The highest BCUT2D eigenvalue weighted by Gasteiger charge is 2.15. The molecule has 0 aliphatic carbocycles. The number of nitrogens with zero attached hydrogens (tertiary/aromatic N) is 1. The Morgan fingerprint density at radius 3 is 2.72 bits per heavy atom. The monoisotopic (exact) mass is 269 g/mol. The van der Waals surface area contributed by atoms with Gasteiger partial charge in [-0.2, -0.15) is 0 Å². The van der Waals surface area contributed by atoms with Crippen LogP contribution in [0.2, 0.25) is 5.02 Å². The van der Waals surface area contributed by atoms with Gasteiger partial charge in [0.1, 0.15) is 11.6 Å². The fourth-order valence-electron chi connectivity index (χ4n) is 1.65. The largest absolute Gasteiger partial charge is 0.388 e. The third-order valence-electron chi connectivity index (χ3n) is 2.57. The predicted octanol–water partition coefficient (Wildman–Crippen LogP) is 3.29. The highest BCUT2D eigenvalue weighted by atomic mass is 35.5. The van der Waals surface area contributed by atoms with Gasteiger partial charge in [-0.3, -0.25) is 4.98 Å². The van der Waals surface area contributed by atoms with Crippen molar-refractivity contribution in [3.8, 4) is 0 Å². The van der Waals surface area contributed by atoms with E-state index in [-0.39, 0.29) is 22.6 Å². The molecule has 1 atom stereocenters. The van der Waals surface area contributed by atoms with E-state index < -0.39 is 17.7 Å². The van der Waals surface area contributed by atoms with Crippen LogP contribution >= 0.6 is 11.6 Å². The Morgan fingerprint density at radius 2 is 2.06 bits per heavy atom. The summed E-state index contributed by atoms with van der Waals surface area (Å²) in [6.45, 7) is 0. The van der Waals surface area contributed by atoms with Crippen molar-refractivity contribution in [3.05, 3.63) is 64.4 Å². The van der Waals surface area contributed by atoms with Crippen LogP contribution in [0.4, 0.5) is 8.78 Å². The van der Waals surface area contributed by atoms with Gasteiger partial charge < -0.3 is 5.11 Å². The maximum absolute atomic E-state index is 13.5. The molecule has 2 aromatic rings. The zero-order valence-electron chi connectivity index (χ0n) is 9.28. The normalized spacial score (nSPS) is 12.4. The lowest BCUT2D eigenvalue weighted by Gasteiger charge is -2.12. The van der Waals surface area contributed by atoms with Crippen LogP contribution in [-0.4, -0.2) is 10.1 Å². The lowest BCUT2D eigenvalue weighted by Crippen LogP contribution is -2.05. The Kier molecular flexibility index (Phi) is 3.89. The summed E-state index contributed by atoms with van der Waals surface area (Å²) in [5.74, 6) is -1.04. The van der Waals surface area contributed by atoms with Crippen molar-refractivity contribution in [2.75, 3.05) is 0 Å². The number of aliphatic hydroxyl groups is 1. The smallest absolute Gasteiger partial charge is 0.141 e. The van der Waals surface area contributed by atoms with E-state index in [2.05, 4.69) is 4.98 Å². The van der Waals surface area contributed by atoms with Gasteiger partial charge in [0.05, 0.1) is 12.3 Å². The molecule has 1 N–H and O–H groups in total. The first-order valence-electron chi connectivity index (χ1n) is 5.29. The highest BCUT2D eigenvalue weighted by Crippen LogP contribution is 2.25. The molecule has 2 nitrogen and oxygen atoms in total. The van der Waals surface area contributed by atoms with Gasteiger partial charge in [-0.25, -0.2) is 8.78 Å². The average molecular weight is 270 g/mol. The Morgan fingerprint density at radius 1 is 1.28 bits per heavy atom. The maximum Gasteiger partial charge on any atom is 0.141 e. The van der Waals surface area contributed by atoms with E-state index in [4.69, 9.17) is 11.6 Å². The van der Waals surface area contributed by atoms with Crippen molar-refractivity contribution >= 4 is 11.6 Å². The number of aliphatic hydroxyl groups excluding tert-OH is 1. The van der Waals surface area contributed by atoms with Crippen LogP contribution in [0.3, 0.4) is 0 Å². The quantitative estimate of drug-likeness (QED) is 0.927. The molecule has 0 amide bonds. The molecule has 0 aliphatic heterocycles. The zero-order valence-corrected chi connectivity index (χ0v) is 10.0. The number of aromatic nitrogens is 1. The predicted molar refractivity (Wildman–Crippen MR) is 64.3 cm³/mol. The summed E-state index contributed by atoms with van der Waals surface area (Å²) in [6.07, 6.45) is 1.29. The summed E-state index contributed by atoms with van der Waals surface area (Å²) in [6, 6.07) is 5.44. The molecule has 1 heterocycles. The Bertz CT molecular complexity index is 542. The van der Waals surface area contributed by atoms with Crippen molar-refractivity contribution < 1.29 is 13.9 Å². The van der Waals surface area contributed by atoms with E-state index in [0.717, 1.165) is 12.3 Å². The molecule has 1 aromatic heterocycles. The zero-order chi connectivity index (χ0) is 13.1. The second kappa shape index (κ2) is 5.42. The molecule has 0 aliphatic rings. The van der Waals surface area contributed by atoms with Crippen molar-refractivity contribution in [1.82, 2.24) is 4.98 Å². The van der Waals surface area contributed by atoms with Crippen LogP contribution in [0.1, 0.15) is 17.2 Å². The lowest BCUT2D eigenvalue weighted by atomic mass is 10.0. The molecule has 0 fully saturated rings. The minimum Gasteiger partial charge on any atom is -0.388 e. The summed E-state index contributed by atoms with van der Waals surface area (Å²) in [5.41, 5.74) is 0.491. The molecule has 2 rings (SSSR count). The van der Waals surface area contributed by atoms with Crippen molar-refractivity contribution in [2.24, 2.45) is 0 Å². The second-order valence-electron chi connectivity index (χ2n) is 3.86. The Hall–Kier alpha value is -1.52. The summed E-state index contributed by atoms with van der Waals surface area (Å²) in [5, 5.41) is 10.1. The number of rotatable bonds is 3. The molecule has 1 unspecified atom stereocenters. The van der Waals surface area contributed by atoms with E-state index in [9.17, 15) is 13.9 Å². The lowest BCUT2D eigenvalue weighted by molar-refractivity contribution is 0.176. The fraction of sp³-hybridized carbons (Fsp3) is 0.154. The highest BCUT2D eigenvalue weighted by molar-refractivity contribution is 6.31. The fourth-order valence-corrected chi connectivity index (χ4v) is 1.89. The third kappa shape index (κ3) is 2.83.